The van der Waals surface area contributed by atoms with Gasteiger partial charge in [-0.25, -0.2) is 0 Å². The van der Waals surface area contributed by atoms with E-state index in [9.17, 15) is 0 Å². The van der Waals surface area contributed by atoms with E-state index in [0.717, 1.165) is 19.4 Å². The van der Waals surface area contributed by atoms with Crippen LogP contribution in [0.5, 0.6) is 0 Å². The molecule has 0 saturated heterocycles. The van der Waals surface area contributed by atoms with E-state index in [1.165, 1.54) is 0 Å². The lowest BCUT2D eigenvalue weighted by atomic mass is 10.3. The minimum absolute atomic E-state index is 0.275. The van der Waals surface area contributed by atoms with Gasteiger partial charge in [-0.3, -0.25) is 5.32 Å². The van der Waals surface area contributed by atoms with Gasteiger partial charge < -0.3 is 9.84 Å². The van der Waals surface area contributed by atoms with Crippen LogP contribution >= 0.6 is 0 Å². The van der Waals surface area contributed by atoms with Gasteiger partial charge in [0.25, 0.3) is 0 Å². The molecule has 0 spiro atoms. The van der Waals surface area contributed by atoms with Gasteiger partial charge in [0, 0.05) is 0 Å². The van der Waals surface area contributed by atoms with Crippen molar-refractivity contribution in [2.45, 2.75) is 33.1 Å². The van der Waals surface area contributed by atoms with Crippen molar-refractivity contribution >= 4 is 0 Å². The smallest absolute Gasteiger partial charge is 0.214 e. The molecule has 3 nitrogen and oxygen atoms in total. The number of hydrogen-bond acceptors (Lipinski definition) is 3. The molecule has 70 valence electrons. The van der Waals surface area contributed by atoms with Crippen molar-refractivity contribution in [3.8, 4) is 11.8 Å². The fourth-order valence-electron chi connectivity index (χ4n) is 0.654. The first-order chi connectivity index (χ1) is 5.81. The number of unbranched alkanes of at least 4 members (excludes halogenated alkanes) is 1. The largest absolute Gasteiger partial charge is 0.356 e. The first-order valence-electron chi connectivity index (χ1n) is 4.24. The molecule has 0 amide bonds. The van der Waals surface area contributed by atoms with Gasteiger partial charge in [0.15, 0.2) is 0 Å². The molecule has 0 heterocycles. The number of hydrogen-bond donors (Lipinski definition) is 2. The molecule has 0 aliphatic heterocycles. The Kier molecular flexibility index (Phi) is 8.14. The Morgan fingerprint density at radius 2 is 2.33 bits per heavy atom. The van der Waals surface area contributed by atoms with Crippen molar-refractivity contribution in [2.24, 2.45) is 0 Å². The van der Waals surface area contributed by atoms with E-state index in [-0.39, 0.29) is 6.61 Å². The third kappa shape index (κ3) is 7.55. The summed E-state index contributed by atoms with van der Waals surface area (Å²) in [6.45, 7) is 4.88. The molecule has 0 aromatic carbocycles. The minimum Gasteiger partial charge on any atom is -0.356 e. The Hall–Kier alpha value is -0.560. The van der Waals surface area contributed by atoms with Crippen LogP contribution in [0.1, 0.15) is 26.7 Å². The molecule has 0 aromatic rings. The lowest BCUT2D eigenvalue weighted by Gasteiger charge is -2.10. The molecule has 1 unspecified atom stereocenters. The van der Waals surface area contributed by atoms with Crippen LogP contribution < -0.4 is 5.32 Å². The van der Waals surface area contributed by atoms with Crippen molar-refractivity contribution in [2.75, 3.05) is 13.2 Å². The number of nitrogens with one attached hydrogen (secondary N) is 1. The van der Waals surface area contributed by atoms with Crippen molar-refractivity contribution in [3.63, 3.8) is 0 Å². The van der Waals surface area contributed by atoms with Gasteiger partial charge >= 0.3 is 0 Å². The van der Waals surface area contributed by atoms with Crippen molar-refractivity contribution in [1.29, 1.82) is 0 Å². The lowest BCUT2D eigenvalue weighted by Crippen LogP contribution is -2.32. The summed E-state index contributed by atoms with van der Waals surface area (Å²) in [5.41, 5.74) is 0. The number of aliphatic hydroxyl groups is 1. The zero-order valence-corrected chi connectivity index (χ0v) is 7.76. The first-order valence-corrected chi connectivity index (χ1v) is 4.24. The fourth-order valence-corrected chi connectivity index (χ4v) is 0.654. The molecular weight excluding hydrogens is 154 g/mol. The third-order valence-electron chi connectivity index (χ3n) is 1.34. The molecule has 0 rings (SSSR count). The molecule has 3 heteroatoms. The Balaban J connectivity index is 3.19. The molecule has 0 aliphatic rings. The summed E-state index contributed by atoms with van der Waals surface area (Å²) < 4.78 is 4.90. The van der Waals surface area contributed by atoms with Gasteiger partial charge in [-0.2, -0.15) is 0 Å². The summed E-state index contributed by atoms with van der Waals surface area (Å²) in [6.07, 6.45) is 1.27. The maximum Gasteiger partial charge on any atom is 0.214 e. The Morgan fingerprint density at radius 3 is 2.92 bits per heavy atom. The van der Waals surface area contributed by atoms with Gasteiger partial charge in [0.2, 0.25) is 6.41 Å². The highest BCUT2D eigenvalue weighted by molar-refractivity contribution is 4.94. The van der Waals surface area contributed by atoms with Crippen LogP contribution in [0.4, 0.5) is 0 Å². The predicted molar refractivity (Wildman–Crippen MR) is 48.3 cm³/mol. The molecule has 0 aromatic heterocycles. The molecule has 1 atom stereocenters. The van der Waals surface area contributed by atoms with Crippen molar-refractivity contribution in [1.82, 2.24) is 5.32 Å². The molecular formula is C9H17NO2. The summed E-state index contributed by atoms with van der Waals surface area (Å²) in [4.78, 5) is 0. The van der Waals surface area contributed by atoms with Gasteiger partial charge in [0.05, 0.1) is 0 Å². The summed E-state index contributed by atoms with van der Waals surface area (Å²) in [5.74, 6) is 5.37. The normalized spacial score (nSPS) is 11.9. The first kappa shape index (κ1) is 11.4. The SMILES string of the molecule is CC#CCOC(O)NCCCC. The minimum atomic E-state index is -0.877. The Morgan fingerprint density at radius 1 is 1.58 bits per heavy atom. The van der Waals surface area contributed by atoms with Crippen molar-refractivity contribution in [3.05, 3.63) is 0 Å². The molecule has 0 bridgehead atoms. The zero-order valence-electron chi connectivity index (χ0n) is 7.76. The lowest BCUT2D eigenvalue weighted by molar-refractivity contribution is -0.108. The van der Waals surface area contributed by atoms with Crippen LogP contribution in [-0.2, 0) is 4.74 Å². The maximum absolute atomic E-state index is 9.10. The van der Waals surface area contributed by atoms with Crippen LogP contribution in [0.15, 0.2) is 0 Å². The molecule has 0 aliphatic carbocycles. The van der Waals surface area contributed by atoms with Crippen LogP contribution in [0.25, 0.3) is 0 Å². The second kappa shape index (κ2) is 8.54. The second-order valence-electron chi connectivity index (χ2n) is 2.40. The summed E-state index contributed by atoms with van der Waals surface area (Å²) >= 11 is 0. The van der Waals surface area contributed by atoms with E-state index >= 15 is 0 Å². The highest BCUT2D eigenvalue weighted by Crippen LogP contribution is 1.85. The zero-order chi connectivity index (χ0) is 9.23. The Labute approximate surface area is 74.1 Å². The van der Waals surface area contributed by atoms with Crippen molar-refractivity contribution < 1.29 is 9.84 Å². The van der Waals surface area contributed by atoms with Crippen LogP contribution in [0.3, 0.4) is 0 Å². The van der Waals surface area contributed by atoms with E-state index in [1.807, 2.05) is 0 Å². The predicted octanol–water partition coefficient (Wildman–Crippen LogP) is 0.692. The molecule has 0 radical (unpaired) electrons. The van der Waals surface area contributed by atoms with Gasteiger partial charge in [-0.05, 0) is 19.9 Å². The average molecular weight is 171 g/mol. The third-order valence-corrected chi connectivity index (χ3v) is 1.34. The standard InChI is InChI=1S/C9H17NO2/c1-3-5-7-10-9(11)12-8-6-4-2/h9-11H,3,5,7-8H2,1-2H3. The summed E-state index contributed by atoms with van der Waals surface area (Å²) in [7, 11) is 0. The molecule has 2 N–H and O–H groups in total. The van der Waals surface area contributed by atoms with Crippen LogP contribution in [0, 0.1) is 11.8 Å². The molecule has 0 saturated carbocycles. The van der Waals surface area contributed by atoms with E-state index in [4.69, 9.17) is 9.84 Å². The highest BCUT2D eigenvalue weighted by Gasteiger charge is 1.98. The molecule has 0 fully saturated rings. The van der Waals surface area contributed by atoms with E-state index in [2.05, 4.69) is 24.1 Å². The average Bonchev–Trinajstić information content (AvgIpc) is 2.06. The Bertz CT molecular complexity index is 148. The maximum atomic E-state index is 9.10. The number of ether oxygens (including phenoxy) is 1. The summed E-state index contributed by atoms with van der Waals surface area (Å²) in [6, 6.07) is 0. The molecule has 12 heavy (non-hydrogen) atoms. The quantitative estimate of drug-likeness (QED) is 0.351. The number of rotatable bonds is 6. The van der Waals surface area contributed by atoms with Crippen LogP contribution in [-0.4, -0.2) is 24.7 Å². The summed E-state index contributed by atoms with van der Waals surface area (Å²) in [5, 5.41) is 11.9. The fraction of sp³-hybridized carbons (Fsp3) is 0.778. The second-order valence-corrected chi connectivity index (χ2v) is 2.40. The van der Waals surface area contributed by atoms with Gasteiger partial charge in [-0.1, -0.05) is 19.3 Å². The van der Waals surface area contributed by atoms with E-state index in [1.54, 1.807) is 6.92 Å². The number of aliphatic hydroxyl groups excluding tert-OH is 1. The highest BCUT2D eigenvalue weighted by atomic mass is 16.6. The van der Waals surface area contributed by atoms with E-state index < -0.39 is 6.41 Å². The topological polar surface area (TPSA) is 41.5 Å². The van der Waals surface area contributed by atoms with Crippen LogP contribution in [0.2, 0.25) is 0 Å². The van der Waals surface area contributed by atoms with Gasteiger partial charge in [-0.15, -0.1) is 5.92 Å². The van der Waals surface area contributed by atoms with E-state index in [0.29, 0.717) is 0 Å². The van der Waals surface area contributed by atoms with Gasteiger partial charge in [0.1, 0.15) is 6.61 Å². The monoisotopic (exact) mass is 171 g/mol.